The van der Waals surface area contributed by atoms with Gasteiger partial charge in [-0.2, -0.15) is 4.37 Å². The predicted octanol–water partition coefficient (Wildman–Crippen LogP) is 2.97. The Morgan fingerprint density at radius 3 is 2.75 bits per heavy atom. The number of halogens is 1. The summed E-state index contributed by atoms with van der Waals surface area (Å²) >= 11 is 3.78. The lowest BCUT2D eigenvalue weighted by Crippen LogP contribution is -2.04. The summed E-state index contributed by atoms with van der Waals surface area (Å²) in [6.07, 6.45) is 5.20. The number of hydrogen-bond acceptors (Lipinski definition) is 3. The summed E-state index contributed by atoms with van der Waals surface area (Å²) in [5, 5.41) is 1.27. The molecule has 2 rings (SSSR count). The van der Waals surface area contributed by atoms with E-state index in [1.807, 2.05) is 0 Å². The molecule has 1 aliphatic rings. The van der Waals surface area contributed by atoms with E-state index in [0.29, 0.717) is 5.41 Å². The molecule has 0 bridgehead atoms. The maximum absolute atomic E-state index is 4.46. The van der Waals surface area contributed by atoms with E-state index in [1.54, 1.807) is 11.5 Å². The van der Waals surface area contributed by atoms with Crippen LogP contribution in [-0.4, -0.2) is 9.36 Å². The van der Waals surface area contributed by atoms with Crippen LogP contribution < -0.4 is 0 Å². The highest BCUT2D eigenvalue weighted by molar-refractivity contribution is 14.1. The molecular weight excluding hydrogens is 283 g/mol. The lowest BCUT2D eigenvalue weighted by atomic mass is 10.0. The van der Waals surface area contributed by atoms with E-state index in [4.69, 9.17) is 0 Å². The Bertz CT molecular complexity index is 280. The van der Waals surface area contributed by atoms with Gasteiger partial charge in [-0.3, -0.25) is 0 Å². The fourth-order valence-electron chi connectivity index (χ4n) is 1.62. The van der Waals surface area contributed by atoms with Crippen molar-refractivity contribution in [1.29, 1.82) is 0 Å². The van der Waals surface area contributed by atoms with Crippen LogP contribution in [-0.2, 0) is 5.41 Å². The van der Waals surface area contributed by atoms with E-state index in [1.165, 1.54) is 30.7 Å². The molecule has 0 amide bonds. The van der Waals surface area contributed by atoms with Crippen LogP contribution in [0.2, 0.25) is 0 Å². The summed E-state index contributed by atoms with van der Waals surface area (Å²) in [4.78, 5) is 4.46. The topological polar surface area (TPSA) is 25.8 Å². The van der Waals surface area contributed by atoms with Gasteiger partial charge in [0.1, 0.15) is 5.01 Å². The third-order valence-corrected chi connectivity index (χ3v) is 4.21. The lowest BCUT2D eigenvalue weighted by molar-refractivity contribution is 0.602. The molecule has 0 aromatic carbocycles. The largest absolute Gasteiger partial charge is 0.214 e. The summed E-state index contributed by atoms with van der Waals surface area (Å²) in [6.45, 7) is 2.24. The normalized spacial score (nSPS) is 19.5. The first-order valence-electron chi connectivity index (χ1n) is 4.26. The highest BCUT2D eigenvalue weighted by atomic mass is 127. The van der Waals surface area contributed by atoms with Crippen molar-refractivity contribution >= 4 is 34.1 Å². The quantitative estimate of drug-likeness (QED) is 0.801. The zero-order valence-electron chi connectivity index (χ0n) is 7.01. The molecule has 1 aromatic rings. The van der Waals surface area contributed by atoms with Crippen LogP contribution in [0.5, 0.6) is 0 Å². The van der Waals surface area contributed by atoms with Crippen molar-refractivity contribution in [3.05, 3.63) is 8.84 Å². The van der Waals surface area contributed by atoms with Gasteiger partial charge in [0.05, 0.1) is 0 Å². The van der Waals surface area contributed by atoms with Crippen molar-refractivity contribution in [2.24, 2.45) is 0 Å². The van der Waals surface area contributed by atoms with Crippen molar-refractivity contribution in [2.75, 3.05) is 0 Å². The van der Waals surface area contributed by atoms with Crippen LogP contribution in [0.25, 0.3) is 0 Å². The minimum absolute atomic E-state index is 0.454. The fourth-order valence-corrected chi connectivity index (χ4v) is 3.15. The average Bonchev–Trinajstić information content (AvgIpc) is 2.69. The van der Waals surface area contributed by atoms with Crippen molar-refractivity contribution in [2.45, 2.75) is 38.0 Å². The third-order valence-electron chi connectivity index (χ3n) is 2.44. The first kappa shape index (κ1) is 8.87. The Balaban J connectivity index is 2.18. The number of rotatable bonds is 3. The fraction of sp³-hybridized carbons (Fsp3) is 0.750. The molecule has 66 valence electrons. The van der Waals surface area contributed by atoms with Gasteiger partial charge in [-0.25, -0.2) is 4.98 Å². The van der Waals surface area contributed by atoms with Gasteiger partial charge in [-0.05, 0) is 30.8 Å². The molecule has 0 unspecified atom stereocenters. The van der Waals surface area contributed by atoms with E-state index in [2.05, 4.69) is 38.9 Å². The molecule has 12 heavy (non-hydrogen) atoms. The van der Waals surface area contributed by atoms with Gasteiger partial charge in [-0.15, -0.1) is 0 Å². The number of aromatic nitrogens is 2. The predicted molar refractivity (Wildman–Crippen MR) is 58.4 cm³/mol. The van der Waals surface area contributed by atoms with Crippen molar-refractivity contribution in [1.82, 2.24) is 9.36 Å². The summed E-state index contributed by atoms with van der Waals surface area (Å²) in [5.41, 5.74) is 0.454. The van der Waals surface area contributed by atoms with Crippen LogP contribution in [0.1, 0.15) is 37.6 Å². The van der Waals surface area contributed by atoms with Gasteiger partial charge in [-0.1, -0.05) is 13.3 Å². The maximum atomic E-state index is 4.46. The van der Waals surface area contributed by atoms with E-state index in [9.17, 15) is 0 Å². The summed E-state index contributed by atoms with van der Waals surface area (Å²) in [6, 6.07) is 0. The van der Waals surface area contributed by atoms with Crippen LogP contribution in [0.4, 0.5) is 0 Å². The highest BCUT2D eigenvalue weighted by Crippen LogP contribution is 2.52. The minimum Gasteiger partial charge on any atom is -0.214 e. The van der Waals surface area contributed by atoms with Crippen LogP contribution >= 0.6 is 34.1 Å². The Hall–Kier alpha value is 0.290. The number of hydrogen-bond donors (Lipinski definition) is 0. The smallest absolute Gasteiger partial charge is 0.203 e. The summed E-state index contributed by atoms with van der Waals surface area (Å²) in [7, 11) is 0. The molecule has 2 nitrogen and oxygen atoms in total. The molecule has 1 fully saturated rings. The third kappa shape index (κ3) is 1.51. The molecule has 0 N–H and O–H groups in total. The average molecular weight is 294 g/mol. The van der Waals surface area contributed by atoms with Crippen molar-refractivity contribution in [3.8, 4) is 0 Å². The van der Waals surface area contributed by atoms with Gasteiger partial charge >= 0.3 is 0 Å². The molecule has 0 atom stereocenters. The van der Waals surface area contributed by atoms with Crippen LogP contribution in [0, 0.1) is 3.83 Å². The van der Waals surface area contributed by atoms with Gasteiger partial charge in [0, 0.05) is 28.0 Å². The van der Waals surface area contributed by atoms with Gasteiger partial charge in [0.25, 0.3) is 0 Å². The lowest BCUT2D eigenvalue weighted by Gasteiger charge is -2.07. The van der Waals surface area contributed by atoms with E-state index in [0.717, 1.165) is 3.83 Å². The van der Waals surface area contributed by atoms with Crippen LogP contribution in [0.3, 0.4) is 0 Å². The Morgan fingerprint density at radius 1 is 1.58 bits per heavy atom. The summed E-state index contributed by atoms with van der Waals surface area (Å²) < 4.78 is 5.13. The maximum Gasteiger partial charge on any atom is 0.203 e. The second kappa shape index (κ2) is 3.21. The standard InChI is InChI=1S/C8H11IN2S/c1-2-3-8(4-5-8)6-10-7(9)11-12-6/h2-5H2,1H3. The molecule has 1 aliphatic carbocycles. The Kier molecular flexibility index (Phi) is 2.37. The SMILES string of the molecule is CCCC1(c2nc(I)ns2)CC1. The molecule has 0 spiro atoms. The second-order valence-corrected chi connectivity index (χ2v) is 5.12. The molecule has 0 radical (unpaired) electrons. The van der Waals surface area contributed by atoms with E-state index in [-0.39, 0.29) is 0 Å². The van der Waals surface area contributed by atoms with E-state index >= 15 is 0 Å². The molecule has 1 aromatic heterocycles. The summed E-state index contributed by atoms with van der Waals surface area (Å²) in [5.74, 6) is 0. The zero-order valence-corrected chi connectivity index (χ0v) is 9.98. The Labute approximate surface area is 90.1 Å². The number of nitrogens with zero attached hydrogens (tertiary/aromatic N) is 2. The van der Waals surface area contributed by atoms with E-state index < -0.39 is 0 Å². The molecule has 1 heterocycles. The first-order chi connectivity index (χ1) is 5.77. The van der Waals surface area contributed by atoms with Gasteiger partial charge in [0.15, 0.2) is 0 Å². The molecule has 4 heteroatoms. The molecule has 0 aliphatic heterocycles. The zero-order chi connectivity index (χ0) is 8.60. The second-order valence-electron chi connectivity index (χ2n) is 3.40. The van der Waals surface area contributed by atoms with Crippen molar-refractivity contribution < 1.29 is 0 Å². The highest BCUT2D eigenvalue weighted by Gasteiger charge is 2.46. The first-order valence-corrected chi connectivity index (χ1v) is 6.12. The molecule has 0 saturated heterocycles. The minimum atomic E-state index is 0.454. The Morgan fingerprint density at radius 2 is 2.33 bits per heavy atom. The van der Waals surface area contributed by atoms with Crippen LogP contribution in [0.15, 0.2) is 0 Å². The van der Waals surface area contributed by atoms with Crippen molar-refractivity contribution in [3.63, 3.8) is 0 Å². The van der Waals surface area contributed by atoms with Gasteiger partial charge < -0.3 is 0 Å². The molecular formula is C8H11IN2S. The monoisotopic (exact) mass is 294 g/mol. The van der Waals surface area contributed by atoms with Gasteiger partial charge in [0.2, 0.25) is 3.83 Å². The molecule has 1 saturated carbocycles.